The van der Waals surface area contributed by atoms with Crippen LogP contribution < -0.4 is 0 Å². The van der Waals surface area contributed by atoms with Crippen molar-refractivity contribution in [3.63, 3.8) is 0 Å². The van der Waals surface area contributed by atoms with Crippen LogP contribution in [0.2, 0.25) is 0 Å². The molecule has 0 saturated carbocycles. The summed E-state index contributed by atoms with van der Waals surface area (Å²) in [7, 11) is 0. The summed E-state index contributed by atoms with van der Waals surface area (Å²) >= 11 is 0. The number of carbonyl (C=O) groups excluding carboxylic acids is 1. The zero-order valence-corrected chi connectivity index (χ0v) is 6.17. The molecule has 0 aromatic carbocycles. The molecule has 0 spiro atoms. The van der Waals surface area contributed by atoms with Crippen molar-refractivity contribution in [1.82, 2.24) is 4.90 Å². The van der Waals surface area contributed by atoms with Crippen molar-refractivity contribution in [3.05, 3.63) is 0 Å². The number of halogens is 2. The van der Waals surface area contributed by atoms with Crippen LogP contribution in [0.5, 0.6) is 0 Å². The summed E-state index contributed by atoms with van der Waals surface area (Å²) in [5.74, 6) is -0.183. The van der Waals surface area contributed by atoms with E-state index in [0.717, 1.165) is 17.6 Å². The zero-order valence-electron chi connectivity index (χ0n) is 6.17. The number of carbonyl (C=O) groups is 1. The van der Waals surface area contributed by atoms with Crippen molar-refractivity contribution in [2.75, 3.05) is 13.1 Å². The molecule has 1 aliphatic heterocycles. The number of hydrogen-bond donors (Lipinski definition) is 0. The zero-order chi connectivity index (χ0) is 8.27. The van der Waals surface area contributed by atoms with Gasteiger partial charge in [0.2, 0.25) is 0 Å². The lowest BCUT2D eigenvalue weighted by Crippen LogP contribution is -2.39. The molecule has 0 aromatic rings. The van der Waals surface area contributed by atoms with E-state index in [1.165, 1.54) is 0 Å². The van der Waals surface area contributed by atoms with Crippen LogP contribution in [0.25, 0.3) is 0 Å². The maximum Gasteiger partial charge on any atom is 0.294 e. The quantitative estimate of drug-likeness (QED) is 0.449. The SMILES string of the molecule is O=CC1CCCN(C(F)F)C1. The molecular weight excluding hydrogens is 152 g/mol. The van der Waals surface area contributed by atoms with Crippen LogP contribution in [0.4, 0.5) is 8.78 Å². The Kier molecular flexibility index (Phi) is 2.93. The molecule has 4 heteroatoms. The van der Waals surface area contributed by atoms with Crippen molar-refractivity contribution >= 4 is 6.29 Å². The molecule has 11 heavy (non-hydrogen) atoms. The predicted molar refractivity (Wildman–Crippen MR) is 36.4 cm³/mol. The highest BCUT2D eigenvalue weighted by Crippen LogP contribution is 2.17. The highest BCUT2D eigenvalue weighted by Gasteiger charge is 2.24. The molecule has 1 atom stereocenters. The first-order valence-electron chi connectivity index (χ1n) is 3.71. The van der Waals surface area contributed by atoms with Gasteiger partial charge in [-0.1, -0.05) is 0 Å². The number of rotatable bonds is 2. The molecule has 0 N–H and O–H groups in total. The highest BCUT2D eigenvalue weighted by molar-refractivity contribution is 5.53. The first-order valence-corrected chi connectivity index (χ1v) is 3.71. The highest BCUT2D eigenvalue weighted by atomic mass is 19.3. The van der Waals surface area contributed by atoms with E-state index in [0.29, 0.717) is 13.0 Å². The second kappa shape index (κ2) is 3.76. The van der Waals surface area contributed by atoms with E-state index in [9.17, 15) is 13.6 Å². The van der Waals surface area contributed by atoms with E-state index in [1.807, 2.05) is 0 Å². The third-order valence-electron chi connectivity index (χ3n) is 1.96. The van der Waals surface area contributed by atoms with Gasteiger partial charge in [0, 0.05) is 19.0 Å². The molecular formula is C7H11F2NO. The second-order valence-corrected chi connectivity index (χ2v) is 2.81. The molecule has 0 amide bonds. The van der Waals surface area contributed by atoms with Crippen LogP contribution in [-0.4, -0.2) is 30.8 Å². The summed E-state index contributed by atoms with van der Waals surface area (Å²) in [5, 5.41) is 0. The molecule has 0 aliphatic carbocycles. The molecule has 64 valence electrons. The largest absolute Gasteiger partial charge is 0.303 e. The molecule has 1 heterocycles. The van der Waals surface area contributed by atoms with Crippen molar-refractivity contribution in [2.24, 2.45) is 5.92 Å². The van der Waals surface area contributed by atoms with Crippen molar-refractivity contribution in [2.45, 2.75) is 19.4 Å². The number of hydrogen-bond acceptors (Lipinski definition) is 2. The second-order valence-electron chi connectivity index (χ2n) is 2.81. The van der Waals surface area contributed by atoms with Gasteiger partial charge in [-0.2, -0.15) is 8.78 Å². The fraction of sp³-hybridized carbons (Fsp3) is 0.857. The van der Waals surface area contributed by atoms with E-state index in [-0.39, 0.29) is 12.5 Å². The van der Waals surface area contributed by atoms with E-state index < -0.39 is 6.55 Å². The Bertz CT molecular complexity index is 140. The average molecular weight is 163 g/mol. The van der Waals surface area contributed by atoms with E-state index >= 15 is 0 Å². The molecule has 0 aromatic heterocycles. The van der Waals surface area contributed by atoms with Gasteiger partial charge in [-0.25, -0.2) is 4.90 Å². The minimum atomic E-state index is -2.40. The van der Waals surface area contributed by atoms with Crippen LogP contribution in [-0.2, 0) is 4.79 Å². The molecule has 1 aliphatic rings. The fourth-order valence-electron chi connectivity index (χ4n) is 1.33. The lowest BCUT2D eigenvalue weighted by molar-refractivity contribution is -0.115. The minimum absolute atomic E-state index is 0.183. The standard InChI is InChI=1S/C7H11F2NO/c8-7(9)10-3-1-2-6(4-10)5-11/h5-7H,1-4H2. The third-order valence-corrected chi connectivity index (χ3v) is 1.96. The molecule has 1 saturated heterocycles. The number of alkyl halides is 2. The average Bonchev–Trinajstić information content (AvgIpc) is 2.05. The summed E-state index contributed by atoms with van der Waals surface area (Å²) in [5.41, 5.74) is 0. The van der Waals surface area contributed by atoms with Crippen LogP contribution >= 0.6 is 0 Å². The summed E-state index contributed by atoms with van der Waals surface area (Å²) in [6, 6.07) is 0. The van der Waals surface area contributed by atoms with Gasteiger partial charge in [-0.15, -0.1) is 0 Å². The first kappa shape index (κ1) is 8.59. The van der Waals surface area contributed by atoms with Gasteiger partial charge in [-0.05, 0) is 12.8 Å². The maximum absolute atomic E-state index is 12.0. The Morgan fingerprint density at radius 1 is 1.55 bits per heavy atom. The van der Waals surface area contributed by atoms with Gasteiger partial charge in [0.15, 0.2) is 0 Å². The minimum Gasteiger partial charge on any atom is -0.303 e. The van der Waals surface area contributed by atoms with E-state index in [1.54, 1.807) is 0 Å². The molecule has 2 nitrogen and oxygen atoms in total. The van der Waals surface area contributed by atoms with Crippen LogP contribution in [0, 0.1) is 5.92 Å². The van der Waals surface area contributed by atoms with Crippen LogP contribution in [0.1, 0.15) is 12.8 Å². The Morgan fingerprint density at radius 3 is 2.82 bits per heavy atom. The monoisotopic (exact) mass is 163 g/mol. The summed E-state index contributed by atoms with van der Waals surface area (Å²) < 4.78 is 24.1. The van der Waals surface area contributed by atoms with Gasteiger partial charge >= 0.3 is 0 Å². The Hall–Kier alpha value is -0.510. The smallest absolute Gasteiger partial charge is 0.294 e. The van der Waals surface area contributed by atoms with Crippen molar-refractivity contribution in [3.8, 4) is 0 Å². The summed E-state index contributed by atoms with van der Waals surface area (Å²) in [6.45, 7) is -1.76. The molecule has 1 rings (SSSR count). The summed E-state index contributed by atoms with van der Waals surface area (Å²) in [4.78, 5) is 11.3. The van der Waals surface area contributed by atoms with Gasteiger partial charge in [0.1, 0.15) is 6.29 Å². The normalized spacial score (nSPS) is 27.4. The van der Waals surface area contributed by atoms with Gasteiger partial charge in [-0.3, -0.25) is 0 Å². The van der Waals surface area contributed by atoms with Gasteiger partial charge in [0.25, 0.3) is 6.55 Å². The van der Waals surface area contributed by atoms with E-state index in [2.05, 4.69) is 0 Å². The first-order chi connectivity index (χ1) is 5.24. The lowest BCUT2D eigenvalue weighted by Gasteiger charge is -2.28. The summed E-state index contributed by atoms with van der Waals surface area (Å²) in [6.07, 6.45) is 2.23. The number of likely N-dealkylation sites (tertiary alicyclic amines) is 1. The van der Waals surface area contributed by atoms with Crippen LogP contribution in [0.3, 0.4) is 0 Å². The van der Waals surface area contributed by atoms with Gasteiger partial charge in [0.05, 0.1) is 0 Å². The fourth-order valence-corrected chi connectivity index (χ4v) is 1.33. The molecule has 1 unspecified atom stereocenters. The Morgan fingerprint density at radius 2 is 2.27 bits per heavy atom. The van der Waals surface area contributed by atoms with Crippen molar-refractivity contribution in [1.29, 1.82) is 0 Å². The topological polar surface area (TPSA) is 20.3 Å². The van der Waals surface area contributed by atoms with Gasteiger partial charge < -0.3 is 4.79 Å². The van der Waals surface area contributed by atoms with Crippen molar-refractivity contribution < 1.29 is 13.6 Å². The number of piperidine rings is 1. The van der Waals surface area contributed by atoms with E-state index in [4.69, 9.17) is 0 Å². The Labute approximate surface area is 64.2 Å². The third kappa shape index (κ3) is 2.22. The Balaban J connectivity index is 2.39. The molecule has 1 fully saturated rings. The number of nitrogens with zero attached hydrogens (tertiary/aromatic N) is 1. The molecule has 0 bridgehead atoms. The maximum atomic E-state index is 12.0. The van der Waals surface area contributed by atoms with Crippen LogP contribution in [0.15, 0.2) is 0 Å². The lowest BCUT2D eigenvalue weighted by atomic mass is 10.0. The number of aldehydes is 1. The molecule has 0 radical (unpaired) electrons. The predicted octanol–water partition coefficient (Wildman–Crippen LogP) is 1.12.